The number of hydrogen-bond donors (Lipinski definition) is 2. The molecule has 1 atom stereocenters. The zero-order valence-corrected chi connectivity index (χ0v) is 18.6. The highest BCUT2D eigenvalue weighted by atomic mass is 35.5. The number of amides is 2. The number of sulfonamides is 1. The van der Waals surface area contributed by atoms with Gasteiger partial charge in [0.05, 0.1) is 18.0 Å². The molecule has 166 valence electrons. The molecule has 1 heterocycles. The number of rotatable bonds is 6. The summed E-state index contributed by atoms with van der Waals surface area (Å²) < 4.78 is 32.7. The normalized spacial score (nSPS) is 17.2. The minimum Gasteiger partial charge on any atom is -0.360 e. The lowest BCUT2D eigenvalue weighted by Crippen LogP contribution is -2.53. The second kappa shape index (κ2) is 10.2. The molecule has 0 radical (unpaired) electrons. The average molecular weight is 466 g/mol. The summed E-state index contributed by atoms with van der Waals surface area (Å²) >= 11 is 5.85. The second-order valence-corrected chi connectivity index (χ2v) is 9.39. The van der Waals surface area contributed by atoms with Gasteiger partial charge in [-0.05, 0) is 48.7 Å². The summed E-state index contributed by atoms with van der Waals surface area (Å²) in [6.45, 7) is 2.58. The first kappa shape index (κ1) is 23.2. The number of nitrogens with zero attached hydrogens (tertiary/aromatic N) is 1. The van der Waals surface area contributed by atoms with Crippen LogP contribution in [0.1, 0.15) is 17.5 Å². The van der Waals surface area contributed by atoms with Crippen LogP contribution in [0.2, 0.25) is 5.02 Å². The highest BCUT2D eigenvalue weighted by Crippen LogP contribution is 2.23. The van der Waals surface area contributed by atoms with Gasteiger partial charge in [-0.15, -0.1) is 0 Å². The lowest BCUT2D eigenvalue weighted by molar-refractivity contribution is -0.140. The van der Waals surface area contributed by atoms with Crippen molar-refractivity contribution in [2.24, 2.45) is 0 Å². The van der Waals surface area contributed by atoms with Crippen molar-refractivity contribution < 1.29 is 22.7 Å². The zero-order chi connectivity index (χ0) is 22.4. The van der Waals surface area contributed by atoms with Crippen molar-refractivity contribution in [2.45, 2.75) is 31.0 Å². The zero-order valence-electron chi connectivity index (χ0n) is 17.0. The topological polar surface area (TPSA) is 105 Å². The standard InChI is InChI=1S/C21H24ClN3O5S/c1-15-5-2-3-6-16(15)13-23-20(26)21(27)24-14-19-25(11-4-12-30-19)31(28,29)18-9-7-17(22)8-10-18/h2-3,5-10,19H,4,11-14H2,1H3,(H,23,26)(H,24,27). The first-order valence-electron chi connectivity index (χ1n) is 9.78. The molecule has 8 nitrogen and oxygen atoms in total. The fourth-order valence-corrected chi connectivity index (χ4v) is 4.86. The van der Waals surface area contributed by atoms with Crippen LogP contribution < -0.4 is 10.6 Å². The van der Waals surface area contributed by atoms with Gasteiger partial charge in [0, 0.05) is 18.1 Å². The Morgan fingerprint density at radius 2 is 1.77 bits per heavy atom. The molecule has 0 spiro atoms. The van der Waals surface area contributed by atoms with Gasteiger partial charge >= 0.3 is 11.8 Å². The molecular weight excluding hydrogens is 442 g/mol. The van der Waals surface area contributed by atoms with E-state index in [4.69, 9.17) is 16.3 Å². The highest BCUT2D eigenvalue weighted by Gasteiger charge is 2.34. The monoisotopic (exact) mass is 465 g/mol. The lowest BCUT2D eigenvalue weighted by Gasteiger charge is -2.34. The average Bonchev–Trinajstić information content (AvgIpc) is 2.77. The molecule has 3 rings (SSSR count). The van der Waals surface area contributed by atoms with E-state index in [0.29, 0.717) is 18.1 Å². The molecule has 1 unspecified atom stereocenters. The van der Waals surface area contributed by atoms with Crippen LogP contribution in [0.5, 0.6) is 0 Å². The van der Waals surface area contributed by atoms with Crippen LogP contribution in [0.3, 0.4) is 0 Å². The molecule has 1 saturated heterocycles. The number of benzene rings is 2. The maximum Gasteiger partial charge on any atom is 0.309 e. The van der Waals surface area contributed by atoms with Gasteiger partial charge in [0.2, 0.25) is 10.0 Å². The van der Waals surface area contributed by atoms with E-state index in [1.165, 1.54) is 28.6 Å². The quantitative estimate of drug-likeness (QED) is 0.633. The number of carbonyl (C=O) groups excluding carboxylic acids is 2. The number of halogens is 1. The molecule has 1 aliphatic rings. The Labute approximate surface area is 186 Å². The van der Waals surface area contributed by atoms with Crippen molar-refractivity contribution in [3.8, 4) is 0 Å². The van der Waals surface area contributed by atoms with E-state index in [1.54, 1.807) is 0 Å². The van der Waals surface area contributed by atoms with Crippen LogP contribution in [-0.4, -0.2) is 50.5 Å². The van der Waals surface area contributed by atoms with Crippen LogP contribution >= 0.6 is 11.6 Å². The first-order chi connectivity index (χ1) is 14.8. The molecule has 1 aliphatic heterocycles. The van der Waals surface area contributed by atoms with Crippen molar-refractivity contribution in [3.05, 3.63) is 64.7 Å². The SMILES string of the molecule is Cc1ccccc1CNC(=O)C(=O)NCC1OCCCN1S(=O)(=O)c1ccc(Cl)cc1. The molecule has 0 bridgehead atoms. The summed E-state index contributed by atoms with van der Waals surface area (Å²) in [4.78, 5) is 24.4. The van der Waals surface area contributed by atoms with Gasteiger partial charge in [-0.3, -0.25) is 9.59 Å². The van der Waals surface area contributed by atoms with E-state index in [1.807, 2.05) is 31.2 Å². The van der Waals surface area contributed by atoms with Crippen LogP contribution in [-0.2, 0) is 30.9 Å². The third kappa shape index (κ3) is 5.82. The molecule has 31 heavy (non-hydrogen) atoms. The molecule has 0 aromatic heterocycles. The lowest BCUT2D eigenvalue weighted by atomic mass is 10.1. The van der Waals surface area contributed by atoms with Crippen LogP contribution in [0.25, 0.3) is 0 Å². The van der Waals surface area contributed by atoms with Gasteiger partial charge < -0.3 is 15.4 Å². The van der Waals surface area contributed by atoms with Crippen molar-refractivity contribution >= 4 is 33.4 Å². The summed E-state index contributed by atoms with van der Waals surface area (Å²) in [6, 6.07) is 13.3. The van der Waals surface area contributed by atoms with Gasteiger partial charge in [-0.1, -0.05) is 35.9 Å². The third-order valence-corrected chi connectivity index (χ3v) is 7.07. The maximum absolute atomic E-state index is 13.0. The van der Waals surface area contributed by atoms with Crippen molar-refractivity contribution in [3.63, 3.8) is 0 Å². The largest absolute Gasteiger partial charge is 0.360 e. The van der Waals surface area contributed by atoms with Gasteiger partial charge in [-0.2, -0.15) is 4.31 Å². The van der Waals surface area contributed by atoms with Crippen LogP contribution in [0.15, 0.2) is 53.4 Å². The minimum atomic E-state index is -3.85. The van der Waals surface area contributed by atoms with Gasteiger partial charge in [0.25, 0.3) is 0 Å². The predicted molar refractivity (Wildman–Crippen MR) is 116 cm³/mol. The van der Waals surface area contributed by atoms with E-state index in [2.05, 4.69) is 10.6 Å². The van der Waals surface area contributed by atoms with Gasteiger partial charge in [0.15, 0.2) is 0 Å². The van der Waals surface area contributed by atoms with Gasteiger partial charge in [-0.25, -0.2) is 8.42 Å². The number of carbonyl (C=O) groups is 2. The molecular formula is C21H24ClN3O5S. The molecule has 0 saturated carbocycles. The molecule has 2 aromatic carbocycles. The summed E-state index contributed by atoms with van der Waals surface area (Å²) in [7, 11) is -3.85. The van der Waals surface area contributed by atoms with Crippen molar-refractivity contribution in [1.29, 1.82) is 0 Å². The summed E-state index contributed by atoms with van der Waals surface area (Å²) in [5.41, 5.74) is 1.90. The Balaban J connectivity index is 1.59. The predicted octanol–water partition coefficient (Wildman–Crippen LogP) is 1.82. The molecule has 10 heteroatoms. The second-order valence-electron chi connectivity index (χ2n) is 7.07. The van der Waals surface area contributed by atoms with Crippen LogP contribution in [0.4, 0.5) is 0 Å². The highest BCUT2D eigenvalue weighted by molar-refractivity contribution is 7.89. The Morgan fingerprint density at radius 1 is 1.10 bits per heavy atom. The fraction of sp³-hybridized carbons (Fsp3) is 0.333. The summed E-state index contributed by atoms with van der Waals surface area (Å²) in [6.07, 6.45) is -0.392. The Kier molecular flexibility index (Phi) is 7.66. The third-order valence-electron chi connectivity index (χ3n) is 4.92. The van der Waals surface area contributed by atoms with E-state index < -0.39 is 28.1 Å². The minimum absolute atomic E-state index is 0.0784. The number of ether oxygens (including phenoxy) is 1. The van der Waals surface area contributed by atoms with Crippen LogP contribution in [0, 0.1) is 6.92 Å². The van der Waals surface area contributed by atoms with Crippen molar-refractivity contribution in [2.75, 3.05) is 19.7 Å². The molecule has 2 N–H and O–H groups in total. The van der Waals surface area contributed by atoms with E-state index in [9.17, 15) is 18.0 Å². The molecule has 2 amide bonds. The van der Waals surface area contributed by atoms with E-state index >= 15 is 0 Å². The Morgan fingerprint density at radius 3 is 2.48 bits per heavy atom. The smallest absolute Gasteiger partial charge is 0.309 e. The summed E-state index contributed by atoms with van der Waals surface area (Å²) in [5.74, 6) is -1.65. The summed E-state index contributed by atoms with van der Waals surface area (Å²) in [5, 5.41) is 5.45. The fourth-order valence-electron chi connectivity index (χ4n) is 3.17. The van der Waals surface area contributed by atoms with Crippen molar-refractivity contribution in [1.82, 2.24) is 14.9 Å². The molecule has 0 aliphatic carbocycles. The number of aryl methyl sites for hydroxylation is 1. The van der Waals surface area contributed by atoms with E-state index in [-0.39, 0.29) is 24.5 Å². The Bertz CT molecular complexity index is 1040. The molecule has 2 aromatic rings. The number of hydrogen-bond acceptors (Lipinski definition) is 5. The number of nitrogens with one attached hydrogen (secondary N) is 2. The Hall–Kier alpha value is -2.46. The maximum atomic E-state index is 13.0. The van der Waals surface area contributed by atoms with E-state index in [0.717, 1.165) is 11.1 Å². The first-order valence-corrected chi connectivity index (χ1v) is 11.6. The molecule has 1 fully saturated rings. The van der Waals surface area contributed by atoms with Gasteiger partial charge in [0.1, 0.15) is 6.23 Å².